The molecule has 0 fully saturated rings. The molecule has 0 saturated carbocycles. The molecule has 0 bridgehead atoms. The van der Waals surface area contributed by atoms with E-state index in [4.69, 9.17) is 16.3 Å². The van der Waals surface area contributed by atoms with Gasteiger partial charge in [0, 0.05) is 16.3 Å². The number of amides is 2. The van der Waals surface area contributed by atoms with Gasteiger partial charge >= 0.3 is 0 Å². The SMILES string of the molecule is COc1ccc(Cl)cc1C(=O)N/N=C(\C)c1cccc(NC(=O)c2ccc(F)cc2)c1. The van der Waals surface area contributed by atoms with Crippen LogP contribution in [-0.2, 0) is 0 Å². The average molecular weight is 440 g/mol. The molecular weight excluding hydrogens is 421 g/mol. The first-order valence-electron chi connectivity index (χ1n) is 9.23. The van der Waals surface area contributed by atoms with Crippen LogP contribution in [0.2, 0.25) is 5.02 Å². The Hall–Kier alpha value is -3.71. The summed E-state index contributed by atoms with van der Waals surface area (Å²) in [6.45, 7) is 1.72. The van der Waals surface area contributed by atoms with Gasteiger partial charge in [-0.1, -0.05) is 23.7 Å². The number of hydrogen-bond donors (Lipinski definition) is 2. The molecule has 6 nitrogen and oxygen atoms in total. The molecule has 0 aliphatic rings. The number of hydrazone groups is 1. The molecule has 31 heavy (non-hydrogen) atoms. The standard InChI is InChI=1S/C23H19ClFN3O3/c1-14(27-28-23(30)20-13-17(24)8-11-21(20)31-2)16-4-3-5-19(12-16)26-22(29)15-6-9-18(25)10-7-15/h3-13H,1-2H3,(H,26,29)(H,28,30)/b27-14+. The van der Waals surface area contributed by atoms with Crippen molar-refractivity contribution in [1.29, 1.82) is 0 Å². The van der Waals surface area contributed by atoms with Gasteiger partial charge in [-0.3, -0.25) is 9.59 Å². The first-order chi connectivity index (χ1) is 14.9. The van der Waals surface area contributed by atoms with E-state index in [1.165, 1.54) is 37.4 Å². The van der Waals surface area contributed by atoms with E-state index in [9.17, 15) is 14.0 Å². The molecule has 0 heterocycles. The van der Waals surface area contributed by atoms with Crippen LogP contribution in [0.5, 0.6) is 5.75 Å². The van der Waals surface area contributed by atoms with Crippen LogP contribution in [0.3, 0.4) is 0 Å². The van der Waals surface area contributed by atoms with Gasteiger partial charge in [0.05, 0.1) is 18.4 Å². The maximum atomic E-state index is 13.0. The van der Waals surface area contributed by atoms with Crippen LogP contribution in [0.4, 0.5) is 10.1 Å². The molecule has 3 rings (SSSR count). The van der Waals surface area contributed by atoms with Crippen molar-refractivity contribution in [2.75, 3.05) is 12.4 Å². The molecule has 0 saturated heterocycles. The fourth-order valence-corrected chi connectivity index (χ4v) is 2.92. The van der Waals surface area contributed by atoms with E-state index >= 15 is 0 Å². The largest absolute Gasteiger partial charge is 0.496 e. The number of carbonyl (C=O) groups excluding carboxylic acids is 2. The summed E-state index contributed by atoms with van der Waals surface area (Å²) in [5.74, 6) is -0.879. The van der Waals surface area contributed by atoms with Crippen LogP contribution in [0.1, 0.15) is 33.2 Å². The smallest absolute Gasteiger partial charge is 0.275 e. The Morgan fingerprint density at radius 3 is 2.42 bits per heavy atom. The van der Waals surface area contributed by atoms with Crippen molar-refractivity contribution in [3.63, 3.8) is 0 Å². The number of benzene rings is 3. The van der Waals surface area contributed by atoms with Crippen molar-refractivity contribution < 1.29 is 18.7 Å². The van der Waals surface area contributed by atoms with Gasteiger partial charge in [-0.15, -0.1) is 0 Å². The highest BCUT2D eigenvalue weighted by Gasteiger charge is 2.13. The van der Waals surface area contributed by atoms with Crippen LogP contribution in [0.15, 0.2) is 71.8 Å². The van der Waals surface area contributed by atoms with Crippen LogP contribution in [-0.4, -0.2) is 24.6 Å². The van der Waals surface area contributed by atoms with E-state index < -0.39 is 11.7 Å². The first kappa shape index (κ1) is 22.0. The van der Waals surface area contributed by atoms with Crippen LogP contribution < -0.4 is 15.5 Å². The van der Waals surface area contributed by atoms with Crippen molar-refractivity contribution in [3.05, 3.63) is 94.3 Å². The zero-order valence-corrected chi connectivity index (χ0v) is 17.5. The molecule has 3 aromatic carbocycles. The van der Waals surface area contributed by atoms with Gasteiger partial charge in [0.25, 0.3) is 11.8 Å². The maximum absolute atomic E-state index is 13.0. The van der Waals surface area contributed by atoms with Crippen molar-refractivity contribution in [2.24, 2.45) is 5.10 Å². The minimum atomic E-state index is -0.473. The van der Waals surface area contributed by atoms with Gasteiger partial charge < -0.3 is 10.1 Å². The molecule has 3 aromatic rings. The Morgan fingerprint density at radius 1 is 0.968 bits per heavy atom. The topological polar surface area (TPSA) is 79.8 Å². The van der Waals surface area contributed by atoms with Crippen molar-refractivity contribution in [2.45, 2.75) is 6.92 Å². The fraction of sp³-hybridized carbons (Fsp3) is 0.0870. The zero-order chi connectivity index (χ0) is 22.4. The monoisotopic (exact) mass is 439 g/mol. The molecule has 158 valence electrons. The van der Waals surface area contributed by atoms with Crippen LogP contribution >= 0.6 is 11.6 Å². The Kier molecular flexibility index (Phi) is 6.99. The van der Waals surface area contributed by atoms with Gasteiger partial charge in [-0.2, -0.15) is 5.10 Å². The summed E-state index contributed by atoms with van der Waals surface area (Å²) in [7, 11) is 1.46. The average Bonchev–Trinajstić information content (AvgIpc) is 2.77. The second-order valence-electron chi connectivity index (χ2n) is 6.52. The third-order valence-corrected chi connectivity index (χ3v) is 4.61. The Labute approximate surface area is 183 Å². The van der Waals surface area contributed by atoms with E-state index in [0.29, 0.717) is 33.3 Å². The van der Waals surface area contributed by atoms with E-state index in [-0.39, 0.29) is 11.5 Å². The van der Waals surface area contributed by atoms with Crippen molar-refractivity contribution in [1.82, 2.24) is 5.43 Å². The number of ether oxygens (including phenoxy) is 1. The highest BCUT2D eigenvalue weighted by atomic mass is 35.5. The second-order valence-corrected chi connectivity index (χ2v) is 6.96. The number of rotatable bonds is 6. The van der Waals surface area contributed by atoms with Crippen LogP contribution in [0.25, 0.3) is 0 Å². The number of methoxy groups -OCH3 is 1. The molecule has 2 amide bonds. The van der Waals surface area contributed by atoms with Crippen molar-refractivity contribution >= 4 is 34.8 Å². The highest BCUT2D eigenvalue weighted by Crippen LogP contribution is 2.22. The molecule has 8 heteroatoms. The number of hydrogen-bond acceptors (Lipinski definition) is 4. The molecule has 2 N–H and O–H groups in total. The van der Waals surface area contributed by atoms with Gasteiger partial charge in [0.1, 0.15) is 11.6 Å². The molecule has 0 atom stereocenters. The Morgan fingerprint density at radius 2 is 1.71 bits per heavy atom. The number of nitrogens with zero attached hydrogens (tertiary/aromatic N) is 1. The summed E-state index contributed by atoms with van der Waals surface area (Å²) in [5.41, 5.74) is 4.81. The van der Waals surface area contributed by atoms with E-state index in [2.05, 4.69) is 15.8 Å². The predicted octanol–water partition coefficient (Wildman–Crippen LogP) is 4.89. The summed E-state index contributed by atoms with van der Waals surface area (Å²) < 4.78 is 18.2. The van der Waals surface area contributed by atoms with E-state index in [1.54, 1.807) is 43.3 Å². The van der Waals surface area contributed by atoms with E-state index in [1.807, 2.05) is 0 Å². The third kappa shape index (κ3) is 5.67. The van der Waals surface area contributed by atoms with Gasteiger partial charge in [0.15, 0.2) is 0 Å². The molecule has 0 radical (unpaired) electrons. The number of halogens is 2. The lowest BCUT2D eigenvalue weighted by Gasteiger charge is -2.09. The highest BCUT2D eigenvalue weighted by molar-refractivity contribution is 6.31. The molecular formula is C23H19ClFN3O3. The Balaban J connectivity index is 1.72. The quantitative estimate of drug-likeness (QED) is 0.423. The summed E-state index contributed by atoms with van der Waals surface area (Å²) in [6.07, 6.45) is 0. The lowest BCUT2D eigenvalue weighted by molar-refractivity contribution is 0.0951. The lowest BCUT2D eigenvalue weighted by Crippen LogP contribution is -2.20. The van der Waals surface area contributed by atoms with Crippen molar-refractivity contribution in [3.8, 4) is 5.75 Å². The zero-order valence-electron chi connectivity index (χ0n) is 16.8. The summed E-state index contributed by atoms with van der Waals surface area (Å²) in [4.78, 5) is 24.8. The Bertz CT molecular complexity index is 1150. The summed E-state index contributed by atoms with van der Waals surface area (Å²) >= 11 is 5.96. The number of anilines is 1. The van der Waals surface area contributed by atoms with Crippen LogP contribution in [0, 0.1) is 5.82 Å². The molecule has 0 aliphatic carbocycles. The number of carbonyl (C=O) groups is 2. The third-order valence-electron chi connectivity index (χ3n) is 4.38. The van der Waals surface area contributed by atoms with Gasteiger partial charge in [0.2, 0.25) is 0 Å². The predicted molar refractivity (Wildman–Crippen MR) is 118 cm³/mol. The molecule has 0 aromatic heterocycles. The molecule has 0 unspecified atom stereocenters. The summed E-state index contributed by atoms with van der Waals surface area (Å²) in [6, 6.07) is 16.9. The molecule has 0 aliphatic heterocycles. The minimum Gasteiger partial charge on any atom is -0.496 e. The van der Waals surface area contributed by atoms with Gasteiger partial charge in [-0.25, -0.2) is 9.82 Å². The second kappa shape index (κ2) is 9.86. The minimum absolute atomic E-state index is 0.256. The fourth-order valence-electron chi connectivity index (χ4n) is 2.74. The number of nitrogens with one attached hydrogen (secondary N) is 2. The maximum Gasteiger partial charge on any atom is 0.275 e. The van der Waals surface area contributed by atoms with Gasteiger partial charge in [-0.05, 0) is 67.1 Å². The normalized spacial score (nSPS) is 11.0. The first-order valence-corrected chi connectivity index (χ1v) is 9.60. The molecule has 0 spiro atoms. The lowest BCUT2D eigenvalue weighted by atomic mass is 10.1. The summed E-state index contributed by atoms with van der Waals surface area (Å²) in [5, 5.41) is 7.28. The van der Waals surface area contributed by atoms with E-state index in [0.717, 1.165) is 0 Å².